The third-order valence-corrected chi connectivity index (χ3v) is 3.10. The van der Waals surface area contributed by atoms with Crippen LogP contribution in [0.15, 0.2) is 42.5 Å². The molecule has 0 radical (unpaired) electrons. The molecular weight excluding hydrogens is 279 g/mol. The van der Waals surface area contributed by atoms with Gasteiger partial charge in [-0.15, -0.1) is 0 Å². The summed E-state index contributed by atoms with van der Waals surface area (Å²) in [6, 6.07) is 12.5. The summed E-state index contributed by atoms with van der Waals surface area (Å²) >= 11 is 0. The summed E-state index contributed by atoms with van der Waals surface area (Å²) in [4.78, 5) is 0. The van der Waals surface area contributed by atoms with Crippen LogP contribution in [0.25, 0.3) is 11.1 Å². The average Bonchev–Trinajstić information content (AvgIpc) is 2.45. The third-order valence-electron chi connectivity index (χ3n) is 3.10. The van der Waals surface area contributed by atoms with E-state index in [1.165, 1.54) is 17.7 Å². The van der Waals surface area contributed by atoms with Crippen molar-refractivity contribution in [3.8, 4) is 16.9 Å². The minimum Gasteiger partial charge on any atom is -0.484 e. The molecule has 0 aliphatic rings. The molecular formula is C16H16F3NO. The van der Waals surface area contributed by atoms with Crippen LogP contribution < -0.4 is 10.5 Å². The van der Waals surface area contributed by atoms with Crippen LogP contribution in [-0.4, -0.2) is 12.8 Å². The van der Waals surface area contributed by atoms with Crippen molar-refractivity contribution in [2.45, 2.75) is 19.5 Å². The van der Waals surface area contributed by atoms with Crippen LogP contribution in [0.2, 0.25) is 0 Å². The van der Waals surface area contributed by atoms with Crippen molar-refractivity contribution < 1.29 is 17.9 Å². The molecule has 2 rings (SSSR count). The molecule has 0 aromatic heterocycles. The van der Waals surface area contributed by atoms with Gasteiger partial charge in [0, 0.05) is 17.3 Å². The monoisotopic (exact) mass is 295 g/mol. The van der Waals surface area contributed by atoms with Crippen LogP contribution >= 0.6 is 0 Å². The van der Waals surface area contributed by atoms with Gasteiger partial charge < -0.3 is 10.5 Å². The fraction of sp³-hybridized carbons (Fsp3) is 0.250. The van der Waals surface area contributed by atoms with Gasteiger partial charge in [0.2, 0.25) is 0 Å². The second-order valence-corrected chi connectivity index (χ2v) is 4.70. The summed E-state index contributed by atoms with van der Waals surface area (Å²) in [5.74, 6) is 0.110. The number of alkyl halides is 3. The molecule has 21 heavy (non-hydrogen) atoms. The van der Waals surface area contributed by atoms with Gasteiger partial charge in [0.05, 0.1) is 0 Å². The lowest BCUT2D eigenvalue weighted by Gasteiger charge is -2.12. The first kappa shape index (κ1) is 15.2. The lowest BCUT2D eigenvalue weighted by atomic mass is 10.0. The Morgan fingerprint density at radius 2 is 1.71 bits per heavy atom. The molecule has 112 valence electrons. The summed E-state index contributed by atoms with van der Waals surface area (Å²) in [5.41, 5.74) is 9.20. The van der Waals surface area contributed by atoms with Crippen molar-refractivity contribution in [1.29, 1.82) is 0 Å². The summed E-state index contributed by atoms with van der Waals surface area (Å²) in [6.45, 7) is 0.743. The molecule has 2 nitrogen and oxygen atoms in total. The fourth-order valence-corrected chi connectivity index (χ4v) is 1.98. The lowest BCUT2D eigenvalue weighted by Crippen LogP contribution is -2.19. The van der Waals surface area contributed by atoms with E-state index in [0.29, 0.717) is 5.69 Å². The smallest absolute Gasteiger partial charge is 0.422 e. The van der Waals surface area contributed by atoms with Crippen molar-refractivity contribution in [3.05, 3.63) is 48.0 Å². The van der Waals surface area contributed by atoms with E-state index >= 15 is 0 Å². The standard InChI is InChI=1S/C16H16F3NO/c1-2-11-3-5-12(6-4-11)14-8-7-13(9-15(14)20)21-10-16(17,18)19/h3-9H,2,10,20H2,1H3. The number of rotatable bonds is 4. The number of nitrogens with two attached hydrogens (primary N) is 1. The number of benzene rings is 2. The molecule has 2 aromatic rings. The Bertz CT molecular complexity index is 606. The Balaban J connectivity index is 2.18. The van der Waals surface area contributed by atoms with Gasteiger partial charge in [0.25, 0.3) is 0 Å². The summed E-state index contributed by atoms with van der Waals surface area (Å²) in [7, 11) is 0. The number of hydrogen-bond donors (Lipinski definition) is 1. The Labute approximate surface area is 121 Å². The van der Waals surface area contributed by atoms with Crippen LogP contribution in [0.5, 0.6) is 5.75 Å². The Hall–Kier alpha value is -2.17. The first-order valence-electron chi connectivity index (χ1n) is 6.57. The van der Waals surface area contributed by atoms with Gasteiger partial charge in [-0.2, -0.15) is 13.2 Å². The van der Waals surface area contributed by atoms with Crippen molar-refractivity contribution in [3.63, 3.8) is 0 Å². The first-order valence-corrected chi connectivity index (χ1v) is 6.57. The van der Waals surface area contributed by atoms with Gasteiger partial charge in [-0.3, -0.25) is 0 Å². The minimum atomic E-state index is -4.36. The van der Waals surface area contributed by atoms with Gasteiger partial charge >= 0.3 is 6.18 Å². The normalized spacial score (nSPS) is 11.4. The quantitative estimate of drug-likeness (QED) is 0.846. The minimum absolute atomic E-state index is 0.110. The summed E-state index contributed by atoms with van der Waals surface area (Å²) < 4.78 is 41.0. The number of aryl methyl sites for hydroxylation is 1. The highest BCUT2D eigenvalue weighted by molar-refractivity contribution is 5.77. The zero-order valence-corrected chi connectivity index (χ0v) is 11.6. The molecule has 0 bridgehead atoms. The molecule has 0 fully saturated rings. The SMILES string of the molecule is CCc1ccc(-c2ccc(OCC(F)(F)F)cc2N)cc1. The van der Waals surface area contributed by atoms with Crippen molar-refractivity contribution >= 4 is 5.69 Å². The summed E-state index contributed by atoms with van der Waals surface area (Å²) in [6.07, 6.45) is -3.41. The topological polar surface area (TPSA) is 35.2 Å². The molecule has 0 unspecified atom stereocenters. The zero-order chi connectivity index (χ0) is 15.5. The maximum Gasteiger partial charge on any atom is 0.422 e. The Kier molecular flexibility index (Phi) is 4.40. The highest BCUT2D eigenvalue weighted by Crippen LogP contribution is 2.30. The van der Waals surface area contributed by atoms with Crippen LogP contribution in [-0.2, 0) is 6.42 Å². The van der Waals surface area contributed by atoms with Crippen molar-refractivity contribution in [2.24, 2.45) is 0 Å². The molecule has 5 heteroatoms. The van der Waals surface area contributed by atoms with E-state index in [1.807, 2.05) is 24.3 Å². The van der Waals surface area contributed by atoms with Crippen LogP contribution in [0.4, 0.5) is 18.9 Å². The molecule has 2 aromatic carbocycles. The number of ether oxygens (including phenoxy) is 1. The third kappa shape index (κ3) is 4.15. The second kappa shape index (κ2) is 6.08. The Morgan fingerprint density at radius 3 is 2.24 bits per heavy atom. The summed E-state index contributed by atoms with van der Waals surface area (Å²) in [5, 5.41) is 0. The van der Waals surface area contributed by atoms with Crippen LogP contribution in [0.3, 0.4) is 0 Å². The molecule has 0 spiro atoms. The molecule has 0 aliphatic heterocycles. The van der Waals surface area contributed by atoms with Crippen LogP contribution in [0, 0.1) is 0 Å². The zero-order valence-electron chi connectivity index (χ0n) is 11.6. The van der Waals surface area contributed by atoms with Gasteiger partial charge in [0.1, 0.15) is 5.75 Å². The van der Waals surface area contributed by atoms with Crippen molar-refractivity contribution in [1.82, 2.24) is 0 Å². The van der Waals surface area contributed by atoms with Crippen LogP contribution in [0.1, 0.15) is 12.5 Å². The predicted molar refractivity (Wildman–Crippen MR) is 77.2 cm³/mol. The van der Waals surface area contributed by atoms with Gasteiger partial charge in [-0.25, -0.2) is 0 Å². The first-order chi connectivity index (χ1) is 9.89. The number of halogens is 3. The predicted octanol–water partition coefficient (Wildman–Crippen LogP) is 4.44. The van der Waals surface area contributed by atoms with Gasteiger partial charge in [-0.1, -0.05) is 31.2 Å². The van der Waals surface area contributed by atoms with E-state index in [2.05, 4.69) is 11.7 Å². The van der Waals surface area contributed by atoms with Gasteiger partial charge in [-0.05, 0) is 29.7 Å². The molecule has 0 aliphatic carbocycles. The highest BCUT2D eigenvalue weighted by atomic mass is 19.4. The van der Waals surface area contributed by atoms with E-state index < -0.39 is 12.8 Å². The Morgan fingerprint density at radius 1 is 1.05 bits per heavy atom. The van der Waals surface area contributed by atoms with Gasteiger partial charge in [0.15, 0.2) is 6.61 Å². The maximum atomic E-state index is 12.1. The molecule has 0 saturated heterocycles. The van der Waals surface area contributed by atoms with E-state index in [-0.39, 0.29) is 5.75 Å². The number of hydrogen-bond acceptors (Lipinski definition) is 2. The molecule has 0 saturated carbocycles. The van der Waals surface area contributed by atoms with E-state index in [9.17, 15) is 13.2 Å². The second-order valence-electron chi connectivity index (χ2n) is 4.70. The van der Waals surface area contributed by atoms with E-state index in [0.717, 1.165) is 17.5 Å². The lowest BCUT2D eigenvalue weighted by molar-refractivity contribution is -0.153. The molecule has 0 heterocycles. The van der Waals surface area contributed by atoms with Crippen molar-refractivity contribution in [2.75, 3.05) is 12.3 Å². The highest BCUT2D eigenvalue weighted by Gasteiger charge is 2.28. The maximum absolute atomic E-state index is 12.1. The number of anilines is 1. The van der Waals surface area contributed by atoms with E-state index in [1.54, 1.807) is 6.07 Å². The molecule has 0 atom stereocenters. The molecule has 0 amide bonds. The average molecular weight is 295 g/mol. The van der Waals surface area contributed by atoms with E-state index in [4.69, 9.17) is 5.73 Å². The molecule has 2 N–H and O–H groups in total. The fourth-order valence-electron chi connectivity index (χ4n) is 1.98. The largest absolute Gasteiger partial charge is 0.484 e. The number of nitrogen functional groups attached to an aromatic ring is 1.